The van der Waals surface area contributed by atoms with E-state index in [0.717, 1.165) is 24.1 Å². The minimum atomic E-state index is -0.984. The molecule has 0 bridgehead atoms. The van der Waals surface area contributed by atoms with Crippen molar-refractivity contribution in [1.82, 2.24) is 4.57 Å². The number of benzene rings is 1. The Morgan fingerprint density at radius 3 is 2.28 bits per heavy atom. The van der Waals surface area contributed by atoms with Gasteiger partial charge in [-0.3, -0.25) is 0 Å². The molecule has 2 aromatic rings. The molecule has 1 aromatic heterocycles. The van der Waals surface area contributed by atoms with Crippen molar-refractivity contribution in [2.24, 2.45) is 7.05 Å². The number of aromatic nitrogens is 1. The molecule has 0 saturated carbocycles. The fourth-order valence-electron chi connectivity index (χ4n) is 4.63. The number of carboxylic acid groups (broad SMARTS) is 1. The van der Waals surface area contributed by atoms with Crippen LogP contribution < -0.4 is 56.5 Å². The van der Waals surface area contributed by atoms with Crippen LogP contribution >= 0.6 is 0 Å². The Labute approximate surface area is 192 Å². The smallest absolute Gasteiger partial charge is 0.550 e. The van der Waals surface area contributed by atoms with E-state index in [1.54, 1.807) is 0 Å². The van der Waals surface area contributed by atoms with E-state index in [-0.39, 0.29) is 57.8 Å². The summed E-state index contributed by atoms with van der Waals surface area (Å²) in [5.74, 6) is -0.984. The number of aliphatic carboxylic acids is 1. The van der Waals surface area contributed by atoms with Gasteiger partial charge in [0.1, 0.15) is 0 Å². The number of nitrogens with zero attached hydrogens (tertiary/aromatic N) is 1. The van der Waals surface area contributed by atoms with Crippen LogP contribution in [-0.2, 0) is 17.3 Å². The van der Waals surface area contributed by atoms with Crippen molar-refractivity contribution in [2.75, 3.05) is 0 Å². The van der Waals surface area contributed by atoms with Crippen LogP contribution in [-0.4, -0.2) is 10.5 Å². The van der Waals surface area contributed by atoms with Crippen LogP contribution in [0.5, 0.6) is 0 Å². The molecule has 0 N–H and O–H groups in total. The maximum Gasteiger partial charge on any atom is 1.00 e. The van der Waals surface area contributed by atoms with Crippen molar-refractivity contribution in [3.63, 3.8) is 0 Å². The molecule has 4 heteroatoms. The van der Waals surface area contributed by atoms with E-state index in [1.807, 2.05) is 0 Å². The summed E-state index contributed by atoms with van der Waals surface area (Å²) in [6.07, 6.45) is 1.68. The van der Waals surface area contributed by atoms with Crippen LogP contribution in [0.25, 0.3) is 16.5 Å². The summed E-state index contributed by atoms with van der Waals surface area (Å²) in [6, 6.07) is 0. The molecule has 1 aromatic carbocycles. The van der Waals surface area contributed by atoms with E-state index in [4.69, 9.17) is 0 Å². The van der Waals surface area contributed by atoms with Crippen LogP contribution in [0.2, 0.25) is 0 Å². The standard InChI is InChI=1S/C21H27NO2.K/c1-11-8-9-21(6,10-16(23)24)20-17(11)18-14(4)12(2)13(3)15(5)19(18)22(20)7;/h1,8-10H2,2-7H3,(H,23,24);/q;+1/p-1. The first-order valence-electron chi connectivity index (χ1n) is 8.57. The molecular formula is C21H26KNO2. The molecule has 3 rings (SSSR count). The molecular weight excluding hydrogens is 337 g/mol. The first-order valence-corrected chi connectivity index (χ1v) is 8.57. The van der Waals surface area contributed by atoms with E-state index in [2.05, 4.69) is 52.8 Å². The summed E-state index contributed by atoms with van der Waals surface area (Å²) >= 11 is 0. The average Bonchev–Trinajstić information content (AvgIpc) is 2.81. The summed E-state index contributed by atoms with van der Waals surface area (Å²) in [7, 11) is 2.06. The summed E-state index contributed by atoms with van der Waals surface area (Å²) in [6.45, 7) is 15.0. The van der Waals surface area contributed by atoms with Gasteiger partial charge in [0, 0.05) is 35.1 Å². The molecule has 0 spiro atoms. The van der Waals surface area contributed by atoms with Crippen molar-refractivity contribution in [1.29, 1.82) is 0 Å². The van der Waals surface area contributed by atoms with Crippen LogP contribution in [0, 0.1) is 27.7 Å². The number of carboxylic acids is 1. The number of carbonyl (C=O) groups excluding carboxylic acids is 1. The Bertz CT molecular complexity index is 907. The van der Waals surface area contributed by atoms with Gasteiger partial charge in [-0.2, -0.15) is 0 Å². The van der Waals surface area contributed by atoms with Gasteiger partial charge in [0.05, 0.1) is 5.52 Å². The van der Waals surface area contributed by atoms with Crippen molar-refractivity contribution in [3.05, 3.63) is 40.1 Å². The van der Waals surface area contributed by atoms with Gasteiger partial charge < -0.3 is 14.5 Å². The fourth-order valence-corrected chi connectivity index (χ4v) is 4.63. The van der Waals surface area contributed by atoms with E-state index < -0.39 is 11.4 Å². The molecule has 0 aliphatic heterocycles. The minimum Gasteiger partial charge on any atom is -0.550 e. The number of rotatable bonds is 2. The van der Waals surface area contributed by atoms with Crippen LogP contribution in [0.1, 0.15) is 59.7 Å². The first-order chi connectivity index (χ1) is 11.1. The summed E-state index contributed by atoms with van der Waals surface area (Å²) in [5.41, 5.74) is 9.38. The number of carbonyl (C=O) groups is 1. The number of hydrogen-bond donors (Lipinski definition) is 0. The molecule has 1 aliphatic carbocycles. The Balaban J connectivity index is 0.00000225. The predicted molar refractivity (Wildman–Crippen MR) is 97.1 cm³/mol. The molecule has 1 atom stereocenters. The molecule has 3 nitrogen and oxygen atoms in total. The normalized spacial score (nSPS) is 19.7. The Morgan fingerprint density at radius 2 is 1.72 bits per heavy atom. The molecule has 1 unspecified atom stereocenters. The largest absolute Gasteiger partial charge is 1.00 e. The fraction of sp³-hybridized carbons (Fsp3) is 0.476. The summed E-state index contributed by atoms with van der Waals surface area (Å²) < 4.78 is 2.22. The van der Waals surface area contributed by atoms with Gasteiger partial charge in [0.25, 0.3) is 0 Å². The second-order valence-corrected chi connectivity index (χ2v) is 7.72. The maximum absolute atomic E-state index is 11.4. The van der Waals surface area contributed by atoms with Crippen molar-refractivity contribution < 1.29 is 61.3 Å². The quantitative estimate of drug-likeness (QED) is 0.735. The topological polar surface area (TPSA) is 45.1 Å². The maximum atomic E-state index is 11.4. The summed E-state index contributed by atoms with van der Waals surface area (Å²) in [5, 5.41) is 12.6. The van der Waals surface area contributed by atoms with Gasteiger partial charge >= 0.3 is 51.4 Å². The second-order valence-electron chi connectivity index (χ2n) is 7.72. The molecule has 0 fully saturated rings. The van der Waals surface area contributed by atoms with E-state index in [9.17, 15) is 9.90 Å². The third-order valence-corrected chi connectivity index (χ3v) is 6.25. The number of allylic oxidation sites excluding steroid dienone is 1. The zero-order chi connectivity index (χ0) is 18.0. The number of fused-ring (bicyclic) bond motifs is 3. The molecule has 1 heterocycles. The molecule has 25 heavy (non-hydrogen) atoms. The zero-order valence-electron chi connectivity index (χ0n) is 16.6. The Hall–Kier alpha value is -0.394. The van der Waals surface area contributed by atoms with E-state index in [0.29, 0.717) is 0 Å². The van der Waals surface area contributed by atoms with Crippen molar-refractivity contribution in [3.8, 4) is 0 Å². The number of hydrogen-bond acceptors (Lipinski definition) is 2. The Kier molecular flexibility index (Phi) is 5.83. The first kappa shape index (κ1) is 20.9. The van der Waals surface area contributed by atoms with Crippen molar-refractivity contribution in [2.45, 2.75) is 59.3 Å². The second kappa shape index (κ2) is 6.97. The van der Waals surface area contributed by atoms with E-state index in [1.165, 1.54) is 38.7 Å². The van der Waals surface area contributed by atoms with Gasteiger partial charge in [-0.15, -0.1) is 0 Å². The average molecular weight is 364 g/mol. The Morgan fingerprint density at radius 1 is 1.16 bits per heavy atom. The van der Waals surface area contributed by atoms with Gasteiger partial charge in [-0.1, -0.05) is 13.5 Å². The van der Waals surface area contributed by atoms with Crippen LogP contribution in [0.4, 0.5) is 0 Å². The number of aryl methyl sites for hydroxylation is 3. The molecule has 0 saturated heterocycles. The summed E-state index contributed by atoms with van der Waals surface area (Å²) in [4.78, 5) is 11.4. The van der Waals surface area contributed by atoms with Gasteiger partial charge in [-0.05, 0) is 74.8 Å². The predicted octanol–water partition coefficient (Wildman–Crippen LogP) is 0.621. The zero-order valence-corrected chi connectivity index (χ0v) is 19.7. The van der Waals surface area contributed by atoms with Gasteiger partial charge in [0.2, 0.25) is 0 Å². The molecule has 1 aliphatic rings. The van der Waals surface area contributed by atoms with Gasteiger partial charge in [-0.25, -0.2) is 0 Å². The minimum absolute atomic E-state index is 0. The van der Waals surface area contributed by atoms with Gasteiger partial charge in [0.15, 0.2) is 0 Å². The molecule has 0 amide bonds. The van der Waals surface area contributed by atoms with Crippen LogP contribution in [0.3, 0.4) is 0 Å². The van der Waals surface area contributed by atoms with Crippen LogP contribution in [0.15, 0.2) is 6.58 Å². The SMILES string of the molecule is C=C1CCC(C)(CC(=O)[O-])c2c1c1c(C)c(C)c(C)c(C)c1n2C.[K+]. The monoisotopic (exact) mass is 363 g/mol. The third kappa shape index (κ3) is 3.00. The molecule has 128 valence electrons. The molecule has 0 radical (unpaired) electrons. The van der Waals surface area contributed by atoms with E-state index >= 15 is 0 Å². The third-order valence-electron chi connectivity index (χ3n) is 6.25. The van der Waals surface area contributed by atoms with Crippen molar-refractivity contribution >= 4 is 22.4 Å².